The number of halogens is 1. The zero-order chi connectivity index (χ0) is 23.9. The van der Waals surface area contributed by atoms with E-state index in [0.29, 0.717) is 30.5 Å². The molecule has 1 N–H and O–H groups in total. The lowest BCUT2D eigenvalue weighted by atomic mass is 10.1. The maximum atomic E-state index is 10.7. The number of pyridine rings is 1. The lowest BCUT2D eigenvalue weighted by molar-refractivity contribution is -0.385. The smallest absolute Gasteiger partial charge is 0.287 e. The zero-order valence-electron chi connectivity index (χ0n) is 18.3. The minimum Gasteiger partial charge on any atom is -0.490 e. The molecule has 0 fully saturated rings. The summed E-state index contributed by atoms with van der Waals surface area (Å²) in [6, 6.07) is 21.2. The highest BCUT2D eigenvalue weighted by Crippen LogP contribution is 2.34. The molecule has 0 bridgehead atoms. The minimum atomic E-state index is -0.499. The van der Waals surface area contributed by atoms with Crippen molar-refractivity contribution < 1.29 is 14.4 Å². The monoisotopic (exact) mass is 568 g/mol. The summed E-state index contributed by atoms with van der Waals surface area (Å²) < 4.78 is 12.9. The molecule has 4 aromatic rings. The van der Waals surface area contributed by atoms with Gasteiger partial charge in [-0.3, -0.25) is 15.5 Å². The van der Waals surface area contributed by atoms with E-state index in [1.165, 1.54) is 29.1 Å². The van der Waals surface area contributed by atoms with Crippen LogP contribution in [0.1, 0.15) is 18.1 Å². The van der Waals surface area contributed by atoms with E-state index in [-0.39, 0.29) is 5.69 Å². The third kappa shape index (κ3) is 5.79. The van der Waals surface area contributed by atoms with Crippen LogP contribution < -0.4 is 14.9 Å². The number of benzene rings is 3. The van der Waals surface area contributed by atoms with Gasteiger partial charge in [-0.05, 0) is 75.7 Å². The summed E-state index contributed by atoms with van der Waals surface area (Å²) in [5, 5.41) is 17.3. The highest BCUT2D eigenvalue weighted by molar-refractivity contribution is 14.1. The van der Waals surface area contributed by atoms with Gasteiger partial charge in [0.15, 0.2) is 11.5 Å². The Balaban J connectivity index is 1.47. The molecule has 0 saturated heterocycles. The quantitative estimate of drug-likeness (QED) is 0.112. The first kappa shape index (κ1) is 23.4. The Kier molecular flexibility index (Phi) is 7.53. The summed E-state index contributed by atoms with van der Waals surface area (Å²) in [5.74, 6) is 1.71. The van der Waals surface area contributed by atoms with Crippen LogP contribution in [0, 0.1) is 13.7 Å². The molecule has 1 heterocycles. The van der Waals surface area contributed by atoms with E-state index in [1.54, 1.807) is 6.21 Å². The van der Waals surface area contributed by atoms with Gasteiger partial charge in [0.25, 0.3) is 5.69 Å². The van der Waals surface area contributed by atoms with Gasteiger partial charge in [-0.1, -0.05) is 36.4 Å². The van der Waals surface area contributed by atoms with Crippen LogP contribution in [0.2, 0.25) is 0 Å². The number of hydrazone groups is 1. The molecule has 0 radical (unpaired) electrons. The van der Waals surface area contributed by atoms with Gasteiger partial charge < -0.3 is 9.47 Å². The fraction of sp³-hybridized carbons (Fsp3) is 0.120. The first-order valence-corrected chi connectivity index (χ1v) is 11.6. The number of anilines is 1. The summed E-state index contributed by atoms with van der Waals surface area (Å²) in [6.45, 7) is 2.83. The van der Waals surface area contributed by atoms with Crippen molar-refractivity contribution in [1.29, 1.82) is 0 Å². The third-order valence-corrected chi connectivity index (χ3v) is 5.68. The number of aromatic nitrogens is 1. The molecule has 3 aromatic carbocycles. The summed E-state index contributed by atoms with van der Waals surface area (Å²) in [7, 11) is 0. The van der Waals surface area contributed by atoms with Gasteiger partial charge in [-0.25, -0.2) is 4.98 Å². The number of hydrogen-bond donors (Lipinski definition) is 1. The molecule has 0 aliphatic rings. The van der Waals surface area contributed by atoms with E-state index < -0.39 is 4.92 Å². The van der Waals surface area contributed by atoms with Crippen molar-refractivity contribution in [2.75, 3.05) is 12.0 Å². The predicted octanol–water partition coefficient (Wildman–Crippen LogP) is 6.17. The number of hydrogen-bond acceptors (Lipinski definition) is 7. The van der Waals surface area contributed by atoms with Gasteiger partial charge >= 0.3 is 0 Å². The number of fused-ring (bicyclic) bond motifs is 1. The van der Waals surface area contributed by atoms with Crippen LogP contribution in [0.15, 0.2) is 78.0 Å². The van der Waals surface area contributed by atoms with Crippen LogP contribution in [0.5, 0.6) is 11.5 Å². The van der Waals surface area contributed by atoms with Crippen molar-refractivity contribution in [1.82, 2.24) is 4.98 Å². The number of nitrogens with zero attached hydrogens (tertiary/aromatic N) is 3. The maximum Gasteiger partial charge on any atom is 0.287 e. The van der Waals surface area contributed by atoms with Crippen LogP contribution >= 0.6 is 22.6 Å². The zero-order valence-corrected chi connectivity index (χ0v) is 20.4. The Morgan fingerprint density at radius 1 is 1.09 bits per heavy atom. The van der Waals surface area contributed by atoms with Crippen molar-refractivity contribution in [3.8, 4) is 11.5 Å². The van der Waals surface area contributed by atoms with Crippen LogP contribution in [0.3, 0.4) is 0 Å². The summed E-state index contributed by atoms with van der Waals surface area (Å²) in [5.41, 5.74) is 4.57. The molecule has 0 aliphatic heterocycles. The van der Waals surface area contributed by atoms with E-state index in [0.717, 1.165) is 14.7 Å². The van der Waals surface area contributed by atoms with Crippen LogP contribution in [0.25, 0.3) is 10.8 Å². The first-order valence-electron chi connectivity index (χ1n) is 10.5. The molecular formula is C25H21IN4O4. The summed E-state index contributed by atoms with van der Waals surface area (Å²) >= 11 is 2.22. The van der Waals surface area contributed by atoms with E-state index in [4.69, 9.17) is 9.47 Å². The molecule has 9 heteroatoms. The molecule has 1 aromatic heterocycles. The topological polar surface area (TPSA) is 98.9 Å². The second kappa shape index (κ2) is 10.9. The van der Waals surface area contributed by atoms with E-state index in [1.807, 2.05) is 31.2 Å². The average molecular weight is 568 g/mol. The van der Waals surface area contributed by atoms with Gasteiger partial charge in [-0.2, -0.15) is 5.10 Å². The number of nitro groups is 1. The molecule has 0 aliphatic carbocycles. The summed E-state index contributed by atoms with van der Waals surface area (Å²) in [4.78, 5) is 14.2. The normalized spacial score (nSPS) is 11.0. The molecule has 8 nitrogen and oxygen atoms in total. The Labute approximate surface area is 209 Å². The third-order valence-electron chi connectivity index (χ3n) is 4.88. The number of rotatable bonds is 9. The molecule has 0 atom stereocenters. The van der Waals surface area contributed by atoms with Crippen LogP contribution in [0.4, 0.5) is 11.5 Å². The molecule has 0 spiro atoms. The average Bonchev–Trinajstić information content (AvgIpc) is 2.84. The molecule has 4 rings (SSSR count). The van der Waals surface area contributed by atoms with Crippen molar-refractivity contribution in [2.24, 2.45) is 5.10 Å². The highest BCUT2D eigenvalue weighted by Gasteiger charge is 2.12. The fourth-order valence-corrected chi connectivity index (χ4v) is 4.06. The van der Waals surface area contributed by atoms with Gasteiger partial charge in [0.1, 0.15) is 18.6 Å². The Hall–Kier alpha value is -3.73. The fourth-order valence-electron chi connectivity index (χ4n) is 3.28. The van der Waals surface area contributed by atoms with Crippen LogP contribution in [-0.4, -0.2) is 22.7 Å². The molecular weight excluding hydrogens is 547 g/mol. The molecule has 0 amide bonds. The lowest BCUT2D eigenvalue weighted by Gasteiger charge is -2.15. The van der Waals surface area contributed by atoms with E-state index >= 15 is 0 Å². The minimum absolute atomic E-state index is 0.0790. The maximum absolute atomic E-state index is 10.7. The molecule has 0 saturated carbocycles. The van der Waals surface area contributed by atoms with Crippen molar-refractivity contribution in [3.05, 3.63) is 97.7 Å². The molecule has 0 unspecified atom stereocenters. The highest BCUT2D eigenvalue weighted by atomic mass is 127. The Morgan fingerprint density at radius 3 is 2.65 bits per heavy atom. The van der Waals surface area contributed by atoms with Crippen molar-refractivity contribution in [3.63, 3.8) is 0 Å². The Bertz CT molecular complexity index is 1340. The van der Waals surface area contributed by atoms with E-state index in [9.17, 15) is 10.1 Å². The number of nitrogens with one attached hydrogen (secondary N) is 1. The van der Waals surface area contributed by atoms with Gasteiger partial charge in [0.05, 0.1) is 21.3 Å². The van der Waals surface area contributed by atoms with Gasteiger partial charge in [-0.15, -0.1) is 0 Å². The van der Waals surface area contributed by atoms with Crippen molar-refractivity contribution >= 4 is 51.1 Å². The number of ether oxygens (including phenoxy) is 2. The van der Waals surface area contributed by atoms with Gasteiger partial charge in [0.2, 0.25) is 0 Å². The lowest BCUT2D eigenvalue weighted by Crippen LogP contribution is -2.03. The first-order chi connectivity index (χ1) is 16.5. The largest absolute Gasteiger partial charge is 0.490 e. The summed E-state index contributed by atoms with van der Waals surface area (Å²) in [6.07, 6.45) is 2.80. The second-order valence-electron chi connectivity index (χ2n) is 7.26. The SMILES string of the molecule is CCOc1cc(/C=N/Nc2ccc([N+](=O)[O-])cn2)cc(I)c1OCc1ccc2ccccc2c1. The standard InChI is InChI=1S/C25H21IN4O4/c1-2-33-23-13-18(14-28-29-24-10-9-21(15-27-24)30(31)32)12-22(26)25(23)34-16-17-7-8-19-5-3-4-6-20(19)11-17/h3-15H,2,16H2,1H3,(H,27,29)/b28-14+. The van der Waals surface area contributed by atoms with Gasteiger partial charge in [0, 0.05) is 6.07 Å². The Morgan fingerprint density at radius 2 is 1.91 bits per heavy atom. The predicted molar refractivity (Wildman–Crippen MR) is 141 cm³/mol. The van der Waals surface area contributed by atoms with Crippen LogP contribution in [-0.2, 0) is 6.61 Å². The van der Waals surface area contributed by atoms with Crippen molar-refractivity contribution in [2.45, 2.75) is 13.5 Å². The van der Waals surface area contributed by atoms with E-state index in [2.05, 4.69) is 68.4 Å². The second-order valence-corrected chi connectivity index (χ2v) is 8.42. The molecule has 34 heavy (non-hydrogen) atoms. The molecule has 172 valence electrons.